The maximum absolute atomic E-state index is 11.8. The van der Waals surface area contributed by atoms with Crippen molar-refractivity contribution in [2.75, 3.05) is 0 Å². The van der Waals surface area contributed by atoms with Gasteiger partial charge in [0.05, 0.1) is 0 Å². The molecule has 0 heterocycles. The Hall–Kier alpha value is -0.530. The van der Waals surface area contributed by atoms with E-state index in [-0.39, 0.29) is 11.8 Å². The third kappa shape index (κ3) is 9.97. The number of carbonyl (C=O) groups excluding carboxylic acids is 1. The smallest absolute Gasteiger partial charge is 0.0481 e. The Balaban J connectivity index is 3.64. The second-order valence-electron chi connectivity index (χ2n) is 8.98. The van der Waals surface area contributed by atoms with Gasteiger partial charge in [-0.3, -0.25) is 0 Å². The van der Waals surface area contributed by atoms with Crippen LogP contribution >= 0.6 is 0 Å². The molecule has 0 aliphatic carbocycles. The molecule has 0 aliphatic heterocycles. The lowest BCUT2D eigenvalue weighted by Gasteiger charge is -2.42. The molecular weight excluding hydrogens is 320 g/mol. The molecule has 0 N–H and O–H groups in total. The first kappa shape index (κ1) is 25.5. The first-order chi connectivity index (χ1) is 12.4. The molecule has 0 saturated heterocycles. The average molecular weight is 368 g/mol. The van der Waals surface area contributed by atoms with Crippen molar-refractivity contribution >= 4 is 5.97 Å². The molecule has 2 heteroatoms. The van der Waals surface area contributed by atoms with Crippen LogP contribution in [-0.4, -0.2) is 5.97 Å². The van der Waals surface area contributed by atoms with E-state index in [1.165, 1.54) is 77.0 Å². The maximum Gasteiger partial charge on any atom is 0.0481 e. The van der Waals surface area contributed by atoms with Crippen molar-refractivity contribution in [1.82, 2.24) is 0 Å². The zero-order chi connectivity index (χ0) is 19.8. The van der Waals surface area contributed by atoms with Crippen LogP contribution in [0.5, 0.6) is 0 Å². The van der Waals surface area contributed by atoms with Crippen LogP contribution in [0, 0.1) is 17.3 Å². The van der Waals surface area contributed by atoms with E-state index in [0.29, 0.717) is 0 Å². The van der Waals surface area contributed by atoms with Gasteiger partial charge < -0.3 is 9.90 Å². The highest BCUT2D eigenvalue weighted by molar-refractivity contribution is 5.73. The first-order valence-corrected chi connectivity index (χ1v) is 11.6. The van der Waals surface area contributed by atoms with Gasteiger partial charge in [0.15, 0.2) is 0 Å². The normalized spacial score (nSPS) is 12.3. The topological polar surface area (TPSA) is 40.1 Å². The first-order valence-electron chi connectivity index (χ1n) is 11.6. The van der Waals surface area contributed by atoms with E-state index < -0.39 is 11.4 Å². The number of carboxylic acids is 1. The number of carboxylic acid groups (broad SMARTS) is 1. The molecule has 0 unspecified atom stereocenters. The molecule has 0 fully saturated rings. The van der Waals surface area contributed by atoms with E-state index in [4.69, 9.17) is 0 Å². The van der Waals surface area contributed by atoms with Gasteiger partial charge in [0.25, 0.3) is 0 Å². The Kier molecular flexibility index (Phi) is 15.2. The van der Waals surface area contributed by atoms with Crippen LogP contribution in [0.4, 0.5) is 0 Å². The summed E-state index contributed by atoms with van der Waals surface area (Å²) >= 11 is 0. The average Bonchev–Trinajstić information content (AvgIpc) is 2.57. The second-order valence-corrected chi connectivity index (χ2v) is 8.98. The molecule has 0 radical (unpaired) electrons. The Bertz CT molecular complexity index is 325. The third-order valence-electron chi connectivity index (χ3n) is 6.38. The van der Waals surface area contributed by atoms with Crippen molar-refractivity contribution < 1.29 is 9.90 Å². The van der Waals surface area contributed by atoms with Crippen LogP contribution in [0.15, 0.2) is 0 Å². The molecule has 0 spiro atoms. The molecule has 0 aromatic heterocycles. The molecule has 0 bridgehead atoms. The van der Waals surface area contributed by atoms with Crippen molar-refractivity contribution in [3.63, 3.8) is 0 Å². The van der Waals surface area contributed by atoms with Gasteiger partial charge in [-0.15, -0.1) is 0 Å². The Labute approximate surface area is 164 Å². The zero-order valence-corrected chi connectivity index (χ0v) is 18.6. The summed E-state index contributed by atoms with van der Waals surface area (Å²) in [4.78, 5) is 11.8. The summed E-state index contributed by atoms with van der Waals surface area (Å²) in [6.45, 7) is 10.4. The minimum absolute atomic E-state index is 0.134. The fourth-order valence-electron chi connectivity index (χ4n) is 4.43. The summed E-state index contributed by atoms with van der Waals surface area (Å²) in [5.41, 5.74) is -0.656. The van der Waals surface area contributed by atoms with Crippen LogP contribution in [0.1, 0.15) is 131 Å². The van der Waals surface area contributed by atoms with E-state index >= 15 is 0 Å². The number of rotatable bonds is 18. The van der Waals surface area contributed by atoms with Crippen LogP contribution in [-0.2, 0) is 4.79 Å². The van der Waals surface area contributed by atoms with Gasteiger partial charge in [0, 0.05) is 11.4 Å². The summed E-state index contributed by atoms with van der Waals surface area (Å²) in [7, 11) is 0. The van der Waals surface area contributed by atoms with Crippen LogP contribution in [0.3, 0.4) is 0 Å². The molecule has 156 valence electrons. The van der Waals surface area contributed by atoms with Crippen molar-refractivity contribution in [2.24, 2.45) is 17.3 Å². The number of hydrogen-bond acceptors (Lipinski definition) is 2. The van der Waals surface area contributed by atoms with E-state index in [9.17, 15) is 9.90 Å². The minimum Gasteiger partial charge on any atom is -0.550 e. The quantitative estimate of drug-likeness (QED) is 0.247. The molecular formula is C24H47O2-. The number of hydrogen-bond donors (Lipinski definition) is 0. The molecule has 0 aliphatic rings. The fourth-order valence-corrected chi connectivity index (χ4v) is 4.43. The summed E-state index contributed by atoms with van der Waals surface area (Å²) in [6, 6.07) is 0. The van der Waals surface area contributed by atoms with E-state index in [2.05, 4.69) is 6.92 Å². The van der Waals surface area contributed by atoms with Gasteiger partial charge in [-0.25, -0.2) is 0 Å². The highest BCUT2D eigenvalue weighted by atomic mass is 16.4. The van der Waals surface area contributed by atoms with Gasteiger partial charge in [0.1, 0.15) is 0 Å². The van der Waals surface area contributed by atoms with Gasteiger partial charge >= 0.3 is 0 Å². The third-order valence-corrected chi connectivity index (χ3v) is 6.38. The van der Waals surface area contributed by atoms with Crippen molar-refractivity contribution in [3.8, 4) is 0 Å². The second kappa shape index (κ2) is 15.5. The Morgan fingerprint density at radius 2 is 0.962 bits per heavy atom. The summed E-state index contributed by atoms with van der Waals surface area (Å²) in [6.07, 6.45) is 19.4. The minimum atomic E-state index is -0.850. The molecule has 0 amide bonds. The molecule has 0 aromatic carbocycles. The van der Waals surface area contributed by atoms with Crippen LogP contribution in [0.2, 0.25) is 0 Å². The predicted octanol–water partition coefficient (Wildman–Crippen LogP) is 6.91. The summed E-state index contributed by atoms with van der Waals surface area (Å²) < 4.78 is 0. The lowest BCUT2D eigenvalue weighted by atomic mass is 9.66. The number of unbranched alkanes of at least 4 members (excludes halogenated alkanes) is 13. The van der Waals surface area contributed by atoms with Crippen molar-refractivity contribution in [1.29, 1.82) is 0 Å². The highest BCUT2D eigenvalue weighted by Gasteiger charge is 2.37. The molecule has 0 aromatic rings. The molecule has 0 rings (SSSR count). The summed E-state index contributed by atoms with van der Waals surface area (Å²) in [5.74, 6) is -0.582. The molecule has 26 heavy (non-hydrogen) atoms. The molecule has 0 atom stereocenters. The van der Waals surface area contributed by atoms with Gasteiger partial charge in [-0.1, -0.05) is 125 Å². The van der Waals surface area contributed by atoms with E-state index in [1.807, 2.05) is 27.7 Å². The van der Waals surface area contributed by atoms with E-state index in [0.717, 1.165) is 19.3 Å². The van der Waals surface area contributed by atoms with Gasteiger partial charge in [0.2, 0.25) is 0 Å². The SMILES string of the molecule is CCCCCCCCCCCCCCCCC(C(=O)[O-])(C(C)C)C(C)C. The zero-order valence-electron chi connectivity index (χ0n) is 18.6. The fraction of sp³-hybridized carbons (Fsp3) is 0.958. The molecule has 0 saturated carbocycles. The molecule has 2 nitrogen and oxygen atoms in total. The predicted molar refractivity (Wildman–Crippen MR) is 112 cm³/mol. The Morgan fingerprint density at radius 3 is 1.23 bits per heavy atom. The van der Waals surface area contributed by atoms with Gasteiger partial charge in [-0.2, -0.15) is 0 Å². The van der Waals surface area contributed by atoms with Crippen LogP contribution < -0.4 is 5.11 Å². The standard InChI is InChI=1S/C24H48O2/c1-6-7-8-9-10-11-12-13-14-15-16-17-18-19-20-24(21(2)3,22(4)5)23(25)26/h21-22H,6-20H2,1-5H3,(H,25,26)/p-1. The van der Waals surface area contributed by atoms with Crippen molar-refractivity contribution in [2.45, 2.75) is 131 Å². The summed E-state index contributed by atoms with van der Waals surface area (Å²) in [5, 5.41) is 11.8. The van der Waals surface area contributed by atoms with Gasteiger partial charge in [-0.05, 0) is 18.3 Å². The Morgan fingerprint density at radius 1 is 0.654 bits per heavy atom. The lowest BCUT2D eigenvalue weighted by molar-refractivity contribution is -0.325. The number of carbonyl (C=O) groups is 1. The largest absolute Gasteiger partial charge is 0.550 e. The number of aliphatic carboxylic acids is 1. The van der Waals surface area contributed by atoms with Crippen LogP contribution in [0.25, 0.3) is 0 Å². The maximum atomic E-state index is 11.8. The lowest BCUT2D eigenvalue weighted by Crippen LogP contribution is -2.49. The van der Waals surface area contributed by atoms with Crippen molar-refractivity contribution in [3.05, 3.63) is 0 Å². The van der Waals surface area contributed by atoms with E-state index in [1.54, 1.807) is 0 Å². The highest BCUT2D eigenvalue weighted by Crippen LogP contribution is 2.40. The monoisotopic (exact) mass is 367 g/mol.